The van der Waals surface area contributed by atoms with E-state index in [9.17, 15) is 0 Å². The zero-order valence-corrected chi connectivity index (χ0v) is 11.9. The summed E-state index contributed by atoms with van der Waals surface area (Å²) in [5.41, 5.74) is 1.05. The summed E-state index contributed by atoms with van der Waals surface area (Å²) in [5, 5.41) is 0. The molecule has 1 heterocycles. The van der Waals surface area contributed by atoms with E-state index in [-0.39, 0.29) is 40.0 Å². The van der Waals surface area contributed by atoms with Gasteiger partial charge in [0.15, 0.2) is 0 Å². The second-order valence-corrected chi connectivity index (χ2v) is 2.96. The summed E-state index contributed by atoms with van der Waals surface area (Å²) in [6, 6.07) is 14.6. The minimum atomic E-state index is 0. The summed E-state index contributed by atoms with van der Waals surface area (Å²) in [7, 11) is 0. The number of ether oxygens (including phenoxy) is 1. The Morgan fingerprint density at radius 3 is 2.62 bits per heavy atom. The van der Waals surface area contributed by atoms with E-state index >= 15 is 0 Å². The zero-order chi connectivity index (χ0) is 9.64. The van der Waals surface area contributed by atoms with Crippen molar-refractivity contribution in [2.45, 2.75) is 13.2 Å². The van der Waals surface area contributed by atoms with E-state index in [1.165, 1.54) is 0 Å². The predicted octanol–water partition coefficient (Wildman–Crippen LogP) is -0.580. The smallest absolute Gasteiger partial charge is 1.00 e. The number of halogens is 1. The summed E-state index contributed by atoms with van der Waals surface area (Å²) in [6.45, 7) is 1.08. The van der Waals surface area contributed by atoms with Gasteiger partial charge < -0.3 is 26.1 Å². The molecule has 2 rings (SSSR count). The van der Waals surface area contributed by atoms with E-state index < -0.39 is 0 Å². The van der Waals surface area contributed by atoms with Gasteiger partial charge in [-0.25, -0.2) is 0 Å². The Balaban J connectivity index is 0.00000112. The molecule has 1 aromatic heterocycles. The van der Waals surface area contributed by atoms with Crippen LogP contribution in [0, 0.1) is 6.07 Å². The molecule has 0 aliphatic heterocycles. The maximum absolute atomic E-state index is 5.44. The van der Waals surface area contributed by atoms with Gasteiger partial charge in [-0.05, 0) is 12.1 Å². The van der Waals surface area contributed by atoms with Crippen LogP contribution in [0.1, 0.15) is 11.3 Å². The van der Waals surface area contributed by atoms with Gasteiger partial charge in [0, 0.05) is 6.61 Å². The van der Waals surface area contributed by atoms with Crippen LogP contribution in [0.15, 0.2) is 47.1 Å². The summed E-state index contributed by atoms with van der Waals surface area (Å²) in [4.78, 5) is 0. The van der Waals surface area contributed by atoms with Crippen molar-refractivity contribution in [3.05, 3.63) is 60.1 Å². The molecule has 0 spiro atoms. The predicted molar refractivity (Wildman–Crippen MR) is 58.2 cm³/mol. The molecule has 0 radical (unpaired) electrons. The van der Waals surface area contributed by atoms with Gasteiger partial charge in [0.05, 0.1) is 6.26 Å². The van der Waals surface area contributed by atoms with Crippen molar-refractivity contribution in [2.75, 3.05) is 0 Å². The first-order valence-corrected chi connectivity index (χ1v) is 4.51. The average Bonchev–Trinajstić information content (AvgIpc) is 2.72. The summed E-state index contributed by atoms with van der Waals surface area (Å²) in [6.07, 6.45) is 1.65. The van der Waals surface area contributed by atoms with Gasteiger partial charge in [-0.15, -0.1) is 5.56 Å². The molecule has 0 aliphatic rings. The summed E-state index contributed by atoms with van der Waals surface area (Å²) in [5.74, 6) is 0.848. The van der Waals surface area contributed by atoms with Gasteiger partial charge in [0.1, 0.15) is 12.4 Å². The van der Waals surface area contributed by atoms with E-state index in [0.717, 1.165) is 11.3 Å². The van der Waals surface area contributed by atoms with E-state index in [0.29, 0.717) is 13.2 Å². The first-order valence-electron chi connectivity index (χ1n) is 4.51. The van der Waals surface area contributed by atoms with Gasteiger partial charge in [0.2, 0.25) is 0 Å². The van der Waals surface area contributed by atoms with Crippen LogP contribution in [0.25, 0.3) is 0 Å². The van der Waals surface area contributed by atoms with Crippen LogP contribution in [0.3, 0.4) is 0 Å². The molecular weight excluding hydrogens is 280 g/mol. The third kappa shape index (κ3) is 5.16. The van der Waals surface area contributed by atoms with Crippen molar-refractivity contribution in [1.82, 2.24) is 0 Å². The van der Waals surface area contributed by atoms with Crippen LogP contribution in [-0.2, 0) is 18.0 Å². The molecular formula is C12H11BrMgO2. The fourth-order valence-corrected chi connectivity index (χ4v) is 1.18. The van der Waals surface area contributed by atoms with Crippen molar-refractivity contribution in [2.24, 2.45) is 0 Å². The minimum absolute atomic E-state index is 0. The standard InChI is InChI=1S/C12H11O2.BrH.Mg/c1-2-5-11(6-3-1)9-13-10-12-7-4-8-14-12;;/h1-5,7-8H,9-10H2;1H;/q-1;;+2/p-1. The molecule has 0 N–H and O–H groups in total. The number of hydrogen-bond acceptors (Lipinski definition) is 2. The molecule has 0 bridgehead atoms. The second-order valence-electron chi connectivity index (χ2n) is 2.96. The summed E-state index contributed by atoms with van der Waals surface area (Å²) < 4.78 is 10.6. The van der Waals surface area contributed by atoms with Gasteiger partial charge in [-0.3, -0.25) is 0 Å². The Kier molecular flexibility index (Phi) is 8.65. The van der Waals surface area contributed by atoms with Crippen LogP contribution in [-0.4, -0.2) is 23.1 Å². The SMILES string of the molecule is [Br-].[Mg+2].[c-]1ccccc1COCc1ccco1. The van der Waals surface area contributed by atoms with E-state index in [1.807, 2.05) is 36.4 Å². The molecule has 4 heteroatoms. The van der Waals surface area contributed by atoms with E-state index in [4.69, 9.17) is 9.15 Å². The Morgan fingerprint density at radius 1 is 1.12 bits per heavy atom. The second kappa shape index (κ2) is 8.81. The number of benzene rings is 1. The van der Waals surface area contributed by atoms with Crippen LogP contribution >= 0.6 is 0 Å². The molecule has 80 valence electrons. The molecule has 0 aliphatic carbocycles. The summed E-state index contributed by atoms with van der Waals surface area (Å²) >= 11 is 0. The molecule has 0 atom stereocenters. The topological polar surface area (TPSA) is 22.4 Å². The van der Waals surface area contributed by atoms with E-state index in [2.05, 4.69) is 6.07 Å². The molecule has 2 aromatic rings. The Hall–Kier alpha value is -0.294. The maximum Gasteiger partial charge on any atom is 2.00 e. The molecule has 2 nitrogen and oxygen atoms in total. The molecule has 0 saturated heterocycles. The quantitative estimate of drug-likeness (QED) is 0.555. The molecule has 1 aromatic carbocycles. The minimum Gasteiger partial charge on any atom is -1.00 e. The van der Waals surface area contributed by atoms with Gasteiger partial charge in [-0.2, -0.15) is 30.3 Å². The molecule has 16 heavy (non-hydrogen) atoms. The first-order chi connectivity index (χ1) is 6.95. The largest absolute Gasteiger partial charge is 2.00 e. The van der Waals surface area contributed by atoms with Crippen molar-refractivity contribution in [3.8, 4) is 0 Å². The van der Waals surface area contributed by atoms with Gasteiger partial charge in [-0.1, -0.05) is 0 Å². The van der Waals surface area contributed by atoms with Crippen LogP contribution in [0.2, 0.25) is 0 Å². The monoisotopic (exact) mass is 290 g/mol. The molecule has 0 saturated carbocycles. The van der Waals surface area contributed by atoms with E-state index in [1.54, 1.807) is 6.26 Å². The maximum atomic E-state index is 5.44. The third-order valence-corrected chi connectivity index (χ3v) is 1.86. The van der Waals surface area contributed by atoms with Crippen molar-refractivity contribution in [1.29, 1.82) is 0 Å². The fraction of sp³-hybridized carbons (Fsp3) is 0.167. The third-order valence-electron chi connectivity index (χ3n) is 1.86. The molecule has 0 fully saturated rings. The molecule has 0 amide bonds. The number of rotatable bonds is 4. The van der Waals surface area contributed by atoms with Crippen LogP contribution < -0.4 is 17.0 Å². The van der Waals surface area contributed by atoms with Crippen molar-refractivity contribution >= 4 is 23.1 Å². The van der Waals surface area contributed by atoms with Crippen molar-refractivity contribution < 1.29 is 26.1 Å². The van der Waals surface area contributed by atoms with Crippen LogP contribution in [0.5, 0.6) is 0 Å². The van der Waals surface area contributed by atoms with Gasteiger partial charge >= 0.3 is 23.1 Å². The number of furan rings is 1. The first kappa shape index (κ1) is 15.7. The Morgan fingerprint density at radius 2 is 2.00 bits per heavy atom. The zero-order valence-electron chi connectivity index (χ0n) is 8.86. The van der Waals surface area contributed by atoms with Gasteiger partial charge in [0.25, 0.3) is 0 Å². The van der Waals surface area contributed by atoms with Crippen molar-refractivity contribution in [3.63, 3.8) is 0 Å². The van der Waals surface area contributed by atoms with Crippen LogP contribution in [0.4, 0.5) is 0 Å². The average molecular weight is 291 g/mol. The Labute approximate surface area is 122 Å². The fourth-order valence-electron chi connectivity index (χ4n) is 1.18. The Bertz CT molecular complexity index is 362. The number of hydrogen-bond donors (Lipinski definition) is 0. The normalized spacial score (nSPS) is 9.00. The molecule has 0 unspecified atom stereocenters.